The van der Waals surface area contributed by atoms with Gasteiger partial charge in [-0.25, -0.2) is 4.99 Å². The maximum atomic E-state index is 5.15. The molecule has 0 aliphatic carbocycles. The standard InChI is InChI=1S/C48H34N2S/c1-3-11-35(12-4-1)37-20-24-42(25-21-37)50(43-26-22-38(23-27-43)36-13-5-2-6-14-36)33-49-46-18-10-9-17-41(46)29-34-19-28-44-45-31-39-15-7-8-16-40(39)32-48(45)51-47(44)30-34/h1-28,30-33H,29H2. The first-order valence-corrected chi connectivity index (χ1v) is 18.1. The molecule has 0 bridgehead atoms. The summed E-state index contributed by atoms with van der Waals surface area (Å²) in [5, 5.41) is 5.23. The lowest BCUT2D eigenvalue weighted by Gasteiger charge is -2.21. The van der Waals surface area contributed by atoms with Gasteiger partial charge in [-0.3, -0.25) is 0 Å². The van der Waals surface area contributed by atoms with Gasteiger partial charge in [0.25, 0.3) is 0 Å². The van der Waals surface area contributed by atoms with Gasteiger partial charge in [-0.1, -0.05) is 140 Å². The SMILES string of the molecule is C(=Nc1ccccc1Cc1ccc2c(c1)sc1cc3ccccc3cc12)N(c1ccc(-c2ccccc2)cc1)c1ccc(-c2ccccc2)cc1. The molecule has 0 aliphatic heterocycles. The summed E-state index contributed by atoms with van der Waals surface area (Å²) in [5.74, 6) is 0. The number of nitrogens with zero attached hydrogens (tertiary/aromatic N) is 2. The van der Waals surface area contributed by atoms with Gasteiger partial charge >= 0.3 is 0 Å². The van der Waals surface area contributed by atoms with Crippen molar-refractivity contribution in [1.82, 2.24) is 0 Å². The number of benzene rings is 8. The molecule has 0 unspecified atom stereocenters. The van der Waals surface area contributed by atoms with Crippen molar-refractivity contribution < 1.29 is 0 Å². The fourth-order valence-electron chi connectivity index (χ4n) is 6.92. The van der Waals surface area contributed by atoms with Crippen molar-refractivity contribution in [2.45, 2.75) is 6.42 Å². The van der Waals surface area contributed by atoms with E-state index in [4.69, 9.17) is 4.99 Å². The van der Waals surface area contributed by atoms with Crippen LogP contribution in [0.4, 0.5) is 17.1 Å². The lowest BCUT2D eigenvalue weighted by atomic mass is 10.0. The molecule has 0 fully saturated rings. The Morgan fingerprint density at radius 2 is 0.980 bits per heavy atom. The van der Waals surface area contributed by atoms with Crippen LogP contribution in [0.3, 0.4) is 0 Å². The highest BCUT2D eigenvalue weighted by molar-refractivity contribution is 7.25. The van der Waals surface area contributed by atoms with Gasteiger partial charge in [0.15, 0.2) is 0 Å². The molecule has 0 saturated carbocycles. The molecule has 9 rings (SSSR count). The lowest BCUT2D eigenvalue weighted by Crippen LogP contribution is -2.14. The zero-order valence-corrected chi connectivity index (χ0v) is 28.8. The molecule has 3 heteroatoms. The minimum Gasteiger partial charge on any atom is -0.301 e. The van der Waals surface area contributed by atoms with Crippen molar-refractivity contribution in [3.8, 4) is 22.3 Å². The van der Waals surface area contributed by atoms with Crippen molar-refractivity contribution >= 4 is 65.7 Å². The monoisotopic (exact) mass is 670 g/mol. The summed E-state index contributed by atoms with van der Waals surface area (Å²) in [6.07, 6.45) is 2.77. The van der Waals surface area contributed by atoms with Gasteiger partial charge < -0.3 is 4.90 Å². The fourth-order valence-corrected chi connectivity index (χ4v) is 8.12. The number of hydrogen-bond donors (Lipinski definition) is 0. The van der Waals surface area contributed by atoms with E-state index in [9.17, 15) is 0 Å². The maximum Gasteiger partial charge on any atom is 0.100 e. The highest BCUT2D eigenvalue weighted by Crippen LogP contribution is 2.38. The molecule has 2 nitrogen and oxygen atoms in total. The Kier molecular flexibility index (Phi) is 8.17. The van der Waals surface area contributed by atoms with Gasteiger partial charge in [-0.15, -0.1) is 11.3 Å². The second-order valence-corrected chi connectivity index (χ2v) is 14.0. The van der Waals surface area contributed by atoms with Crippen LogP contribution in [0.1, 0.15) is 11.1 Å². The van der Waals surface area contributed by atoms with Gasteiger partial charge in [0.2, 0.25) is 0 Å². The van der Waals surface area contributed by atoms with E-state index >= 15 is 0 Å². The van der Waals surface area contributed by atoms with Crippen LogP contribution in [-0.2, 0) is 6.42 Å². The average Bonchev–Trinajstić information content (AvgIpc) is 3.55. The molecule has 51 heavy (non-hydrogen) atoms. The number of para-hydroxylation sites is 1. The lowest BCUT2D eigenvalue weighted by molar-refractivity contribution is 1.19. The molecule has 0 amide bonds. The Labute approximate surface area is 302 Å². The predicted molar refractivity (Wildman–Crippen MR) is 220 cm³/mol. The van der Waals surface area contributed by atoms with Crippen LogP contribution in [0.5, 0.6) is 0 Å². The number of fused-ring (bicyclic) bond motifs is 4. The first-order valence-electron chi connectivity index (χ1n) is 17.3. The van der Waals surface area contributed by atoms with Gasteiger partial charge in [0.1, 0.15) is 6.34 Å². The van der Waals surface area contributed by atoms with Crippen molar-refractivity contribution in [2.24, 2.45) is 4.99 Å². The van der Waals surface area contributed by atoms with Crippen molar-refractivity contribution in [3.63, 3.8) is 0 Å². The quantitative estimate of drug-likeness (QED) is 0.116. The zero-order valence-electron chi connectivity index (χ0n) is 28.0. The topological polar surface area (TPSA) is 15.6 Å². The molecule has 1 aromatic heterocycles. The van der Waals surface area contributed by atoms with Crippen LogP contribution in [-0.4, -0.2) is 6.34 Å². The molecular formula is C48H34N2S. The third kappa shape index (κ3) is 6.32. The number of aliphatic imine (C=N–C) groups is 1. The van der Waals surface area contributed by atoms with E-state index < -0.39 is 0 Å². The second-order valence-electron chi connectivity index (χ2n) is 12.9. The van der Waals surface area contributed by atoms with Crippen LogP contribution < -0.4 is 4.90 Å². The van der Waals surface area contributed by atoms with E-state index in [1.807, 2.05) is 17.7 Å². The van der Waals surface area contributed by atoms with E-state index in [0.717, 1.165) is 23.5 Å². The third-order valence-corrected chi connectivity index (χ3v) is 10.7. The molecule has 9 aromatic rings. The van der Waals surface area contributed by atoms with Crippen LogP contribution in [0.15, 0.2) is 193 Å². The number of thiophene rings is 1. The molecular weight excluding hydrogens is 637 g/mol. The molecule has 8 aromatic carbocycles. The van der Waals surface area contributed by atoms with Crippen LogP contribution in [0.2, 0.25) is 0 Å². The Morgan fingerprint density at radius 1 is 0.451 bits per heavy atom. The van der Waals surface area contributed by atoms with Crippen LogP contribution in [0.25, 0.3) is 53.2 Å². The first-order chi connectivity index (χ1) is 25.2. The average molecular weight is 671 g/mol. The summed E-state index contributed by atoms with van der Waals surface area (Å²) in [6, 6.07) is 67.2. The Morgan fingerprint density at radius 3 is 1.63 bits per heavy atom. The van der Waals surface area contributed by atoms with Gasteiger partial charge in [0, 0.05) is 31.5 Å². The van der Waals surface area contributed by atoms with E-state index in [-0.39, 0.29) is 0 Å². The van der Waals surface area contributed by atoms with Gasteiger partial charge in [-0.05, 0) is 99.1 Å². The Balaban J connectivity index is 1.04. The molecule has 0 aliphatic rings. The van der Waals surface area contributed by atoms with E-state index in [0.29, 0.717) is 0 Å². The smallest absolute Gasteiger partial charge is 0.100 e. The van der Waals surface area contributed by atoms with Crippen molar-refractivity contribution in [2.75, 3.05) is 4.90 Å². The number of hydrogen-bond acceptors (Lipinski definition) is 2. The predicted octanol–water partition coefficient (Wildman–Crippen LogP) is 13.6. The zero-order chi connectivity index (χ0) is 34.0. The van der Waals surface area contributed by atoms with Crippen LogP contribution in [0, 0.1) is 0 Å². The molecule has 0 saturated heterocycles. The van der Waals surface area contributed by atoms with Gasteiger partial charge in [0.05, 0.1) is 5.69 Å². The first kappa shape index (κ1) is 30.7. The summed E-state index contributed by atoms with van der Waals surface area (Å²) in [4.78, 5) is 7.32. The van der Waals surface area contributed by atoms with Crippen molar-refractivity contribution in [1.29, 1.82) is 0 Å². The fraction of sp³-hybridized carbons (Fsp3) is 0.0208. The normalized spacial score (nSPS) is 11.5. The molecule has 1 heterocycles. The number of rotatable bonds is 8. The third-order valence-electron chi connectivity index (χ3n) is 9.61. The second kappa shape index (κ2) is 13.5. The summed E-state index contributed by atoms with van der Waals surface area (Å²) in [6.45, 7) is 0. The Hall–Kier alpha value is -6.29. The summed E-state index contributed by atoms with van der Waals surface area (Å²) < 4.78 is 2.66. The number of anilines is 2. The Bertz CT molecular complexity index is 2560. The highest BCUT2D eigenvalue weighted by Gasteiger charge is 2.12. The highest BCUT2D eigenvalue weighted by atomic mass is 32.1. The van der Waals surface area contributed by atoms with Crippen LogP contribution >= 0.6 is 11.3 Å². The summed E-state index contributed by atoms with van der Waals surface area (Å²) >= 11 is 1.88. The summed E-state index contributed by atoms with van der Waals surface area (Å²) in [7, 11) is 0. The molecule has 0 spiro atoms. The van der Waals surface area contributed by atoms with Crippen molar-refractivity contribution in [3.05, 3.63) is 199 Å². The summed E-state index contributed by atoms with van der Waals surface area (Å²) in [5.41, 5.74) is 10.3. The maximum absolute atomic E-state index is 5.15. The minimum atomic E-state index is 0.803. The molecule has 0 atom stereocenters. The minimum absolute atomic E-state index is 0.803. The van der Waals surface area contributed by atoms with E-state index in [1.165, 1.54) is 64.3 Å². The van der Waals surface area contributed by atoms with Gasteiger partial charge in [-0.2, -0.15) is 0 Å². The molecule has 0 radical (unpaired) electrons. The van der Waals surface area contributed by atoms with E-state index in [1.54, 1.807) is 0 Å². The van der Waals surface area contributed by atoms with E-state index in [2.05, 4.69) is 193 Å². The molecule has 0 N–H and O–H groups in total. The largest absolute Gasteiger partial charge is 0.301 e. The molecule has 242 valence electrons.